The zero-order chi connectivity index (χ0) is 15.1. The van der Waals surface area contributed by atoms with Gasteiger partial charge >= 0.3 is 0 Å². The average molecular weight is 296 g/mol. The molecule has 0 fully saturated rings. The lowest BCUT2D eigenvalue weighted by Crippen LogP contribution is -2.00. The molecule has 0 bridgehead atoms. The highest BCUT2D eigenvalue weighted by Crippen LogP contribution is 2.32. The molecular formula is C16H16N4O2. The van der Waals surface area contributed by atoms with Gasteiger partial charge in [-0.3, -0.25) is 0 Å². The molecule has 2 heterocycles. The lowest BCUT2D eigenvalue weighted by Gasteiger charge is -2.08. The molecule has 0 saturated heterocycles. The summed E-state index contributed by atoms with van der Waals surface area (Å²) in [4.78, 5) is 0. The molecule has 2 aromatic carbocycles. The molecule has 0 unspecified atom stereocenters. The summed E-state index contributed by atoms with van der Waals surface area (Å²) >= 11 is 0. The third-order valence-corrected chi connectivity index (χ3v) is 4.02. The number of benzene rings is 2. The number of aromatic nitrogens is 3. The Balaban J connectivity index is 1.88. The van der Waals surface area contributed by atoms with Crippen LogP contribution in [0.25, 0.3) is 16.7 Å². The summed E-state index contributed by atoms with van der Waals surface area (Å²) in [6, 6.07) is 10.1. The van der Waals surface area contributed by atoms with Crippen LogP contribution in [0.3, 0.4) is 0 Å². The molecule has 0 atom stereocenters. The van der Waals surface area contributed by atoms with Crippen molar-refractivity contribution in [2.75, 3.05) is 14.2 Å². The zero-order valence-corrected chi connectivity index (χ0v) is 12.5. The molecule has 0 amide bonds. The van der Waals surface area contributed by atoms with Crippen LogP contribution in [0.15, 0.2) is 30.3 Å². The van der Waals surface area contributed by atoms with Gasteiger partial charge < -0.3 is 14.8 Å². The Labute approximate surface area is 127 Å². The number of methoxy groups -OCH3 is 2. The van der Waals surface area contributed by atoms with Gasteiger partial charge in [0.15, 0.2) is 11.5 Å². The topological polar surface area (TPSA) is 61.2 Å². The highest BCUT2D eigenvalue weighted by molar-refractivity contribution is 5.80. The van der Waals surface area contributed by atoms with E-state index in [1.165, 1.54) is 11.1 Å². The summed E-state index contributed by atoms with van der Waals surface area (Å²) in [6.07, 6.45) is 0. The minimum Gasteiger partial charge on any atom is -0.493 e. The summed E-state index contributed by atoms with van der Waals surface area (Å²) in [7, 11) is 3.24. The third-order valence-electron chi connectivity index (χ3n) is 4.02. The van der Waals surface area contributed by atoms with Gasteiger partial charge in [0.2, 0.25) is 0 Å². The van der Waals surface area contributed by atoms with Crippen LogP contribution >= 0.6 is 0 Å². The highest BCUT2D eigenvalue weighted by atomic mass is 16.5. The Bertz CT molecular complexity index is 857. The van der Waals surface area contributed by atoms with Crippen molar-refractivity contribution in [3.05, 3.63) is 41.5 Å². The lowest BCUT2D eigenvalue weighted by atomic mass is 10.1. The SMILES string of the molecule is COc1cc2nnn(-c3ccc4c(c3)CNC4)c2cc1OC. The highest BCUT2D eigenvalue weighted by Gasteiger charge is 2.15. The number of rotatable bonds is 3. The molecule has 1 N–H and O–H groups in total. The summed E-state index contributed by atoms with van der Waals surface area (Å²) in [5.41, 5.74) is 5.31. The first-order chi connectivity index (χ1) is 10.8. The first kappa shape index (κ1) is 13.1. The van der Waals surface area contributed by atoms with E-state index in [2.05, 4.69) is 33.8 Å². The summed E-state index contributed by atoms with van der Waals surface area (Å²) in [5, 5.41) is 11.9. The molecule has 0 aliphatic carbocycles. The maximum absolute atomic E-state index is 5.37. The summed E-state index contributed by atoms with van der Waals surface area (Å²) in [6.45, 7) is 1.83. The molecule has 3 aromatic rings. The van der Waals surface area contributed by atoms with E-state index in [1.54, 1.807) is 14.2 Å². The maximum Gasteiger partial charge on any atom is 0.163 e. The minimum atomic E-state index is 0.653. The van der Waals surface area contributed by atoms with E-state index < -0.39 is 0 Å². The van der Waals surface area contributed by atoms with E-state index in [4.69, 9.17) is 9.47 Å². The Morgan fingerprint density at radius 1 is 1.00 bits per heavy atom. The van der Waals surface area contributed by atoms with Crippen molar-refractivity contribution in [1.82, 2.24) is 20.3 Å². The van der Waals surface area contributed by atoms with Crippen LogP contribution in [-0.2, 0) is 13.1 Å². The van der Waals surface area contributed by atoms with Crippen LogP contribution < -0.4 is 14.8 Å². The number of fused-ring (bicyclic) bond motifs is 2. The second kappa shape index (κ2) is 4.99. The van der Waals surface area contributed by atoms with E-state index >= 15 is 0 Å². The van der Waals surface area contributed by atoms with Crippen molar-refractivity contribution in [1.29, 1.82) is 0 Å². The van der Waals surface area contributed by atoms with Gasteiger partial charge in [-0.2, -0.15) is 0 Å². The van der Waals surface area contributed by atoms with E-state index in [0.29, 0.717) is 11.5 Å². The fourth-order valence-corrected chi connectivity index (χ4v) is 2.85. The molecule has 0 radical (unpaired) electrons. The van der Waals surface area contributed by atoms with E-state index in [0.717, 1.165) is 29.8 Å². The molecule has 6 nitrogen and oxygen atoms in total. The fourth-order valence-electron chi connectivity index (χ4n) is 2.85. The third kappa shape index (κ3) is 1.92. The minimum absolute atomic E-state index is 0.653. The van der Waals surface area contributed by atoms with Gasteiger partial charge in [-0.15, -0.1) is 5.10 Å². The monoisotopic (exact) mass is 296 g/mol. The van der Waals surface area contributed by atoms with Crippen molar-refractivity contribution < 1.29 is 9.47 Å². The first-order valence-electron chi connectivity index (χ1n) is 7.10. The number of nitrogens with one attached hydrogen (secondary N) is 1. The molecule has 112 valence electrons. The summed E-state index contributed by atoms with van der Waals surface area (Å²) in [5.74, 6) is 1.32. The first-order valence-corrected chi connectivity index (χ1v) is 7.10. The van der Waals surface area contributed by atoms with Crippen LogP contribution in [0.2, 0.25) is 0 Å². The van der Waals surface area contributed by atoms with Gasteiger partial charge in [-0.1, -0.05) is 11.3 Å². The molecular weight excluding hydrogens is 280 g/mol. The Kier molecular flexibility index (Phi) is 2.97. The van der Waals surface area contributed by atoms with E-state index in [9.17, 15) is 0 Å². The van der Waals surface area contributed by atoms with Gasteiger partial charge in [0, 0.05) is 25.2 Å². The average Bonchev–Trinajstić information content (AvgIpc) is 3.18. The van der Waals surface area contributed by atoms with Gasteiger partial charge in [0.1, 0.15) is 5.52 Å². The molecule has 0 spiro atoms. The number of hydrogen-bond donors (Lipinski definition) is 1. The molecule has 1 aliphatic rings. The standard InChI is InChI=1S/C16H16N4O2/c1-21-15-6-13-14(7-16(15)22-2)20(19-18-13)12-4-3-10-8-17-9-11(10)5-12/h3-7,17H,8-9H2,1-2H3. The fraction of sp³-hybridized carbons (Fsp3) is 0.250. The Morgan fingerprint density at radius 2 is 1.77 bits per heavy atom. The van der Waals surface area contributed by atoms with Crippen molar-refractivity contribution in [2.45, 2.75) is 13.1 Å². The second-order valence-electron chi connectivity index (χ2n) is 5.25. The van der Waals surface area contributed by atoms with Crippen LogP contribution in [-0.4, -0.2) is 29.2 Å². The summed E-state index contributed by atoms with van der Waals surface area (Å²) < 4.78 is 12.5. The van der Waals surface area contributed by atoms with E-state index in [-0.39, 0.29) is 0 Å². The second-order valence-corrected chi connectivity index (χ2v) is 5.25. The van der Waals surface area contributed by atoms with Gasteiger partial charge in [0.25, 0.3) is 0 Å². The van der Waals surface area contributed by atoms with Crippen LogP contribution in [0.5, 0.6) is 11.5 Å². The Hall–Kier alpha value is -2.60. The van der Waals surface area contributed by atoms with Crippen molar-refractivity contribution in [3.8, 4) is 17.2 Å². The van der Waals surface area contributed by atoms with Gasteiger partial charge in [-0.05, 0) is 23.3 Å². The number of nitrogens with zero attached hydrogens (tertiary/aromatic N) is 3. The van der Waals surface area contributed by atoms with Gasteiger partial charge in [-0.25, -0.2) is 4.68 Å². The lowest BCUT2D eigenvalue weighted by molar-refractivity contribution is 0.355. The van der Waals surface area contributed by atoms with Crippen LogP contribution in [0.1, 0.15) is 11.1 Å². The van der Waals surface area contributed by atoms with Crippen molar-refractivity contribution >= 4 is 11.0 Å². The van der Waals surface area contributed by atoms with Crippen LogP contribution in [0.4, 0.5) is 0 Å². The van der Waals surface area contributed by atoms with Gasteiger partial charge in [0.05, 0.1) is 25.4 Å². The predicted molar refractivity (Wildman–Crippen MR) is 82.5 cm³/mol. The maximum atomic E-state index is 5.37. The number of ether oxygens (including phenoxy) is 2. The quantitative estimate of drug-likeness (QED) is 0.801. The zero-order valence-electron chi connectivity index (χ0n) is 12.5. The van der Waals surface area contributed by atoms with Crippen molar-refractivity contribution in [2.24, 2.45) is 0 Å². The molecule has 4 rings (SSSR count). The predicted octanol–water partition coefficient (Wildman–Crippen LogP) is 2.04. The van der Waals surface area contributed by atoms with E-state index in [1.807, 2.05) is 16.8 Å². The normalized spacial score (nSPS) is 13.4. The Morgan fingerprint density at radius 3 is 2.59 bits per heavy atom. The molecule has 1 aliphatic heterocycles. The number of hydrogen-bond acceptors (Lipinski definition) is 5. The largest absolute Gasteiger partial charge is 0.493 e. The molecule has 1 aromatic heterocycles. The smallest absolute Gasteiger partial charge is 0.163 e. The van der Waals surface area contributed by atoms with Crippen LogP contribution in [0, 0.1) is 0 Å². The molecule has 6 heteroatoms. The molecule has 22 heavy (non-hydrogen) atoms. The van der Waals surface area contributed by atoms with Crippen molar-refractivity contribution in [3.63, 3.8) is 0 Å². The molecule has 0 saturated carbocycles.